The lowest BCUT2D eigenvalue weighted by molar-refractivity contribution is -0.127. The number of nitrogens with one attached hydrogen (secondary N) is 1. The third-order valence-corrected chi connectivity index (χ3v) is 2.87. The third kappa shape index (κ3) is 2.48. The topological polar surface area (TPSA) is 69.0 Å². The normalized spacial score (nSPS) is 19.2. The van der Waals surface area contributed by atoms with Gasteiger partial charge in [0.2, 0.25) is 5.91 Å². The van der Waals surface area contributed by atoms with Gasteiger partial charge in [0.15, 0.2) is 0 Å². The summed E-state index contributed by atoms with van der Waals surface area (Å²) >= 11 is 5.78. The number of amides is 1. The Hall–Kier alpha value is -1.80. The van der Waals surface area contributed by atoms with E-state index in [1.807, 2.05) is 6.07 Å². The van der Waals surface area contributed by atoms with E-state index in [1.165, 1.54) is 6.07 Å². The van der Waals surface area contributed by atoms with Crippen molar-refractivity contribution < 1.29 is 4.79 Å². The van der Waals surface area contributed by atoms with Crippen molar-refractivity contribution in [1.82, 2.24) is 9.88 Å². The molecule has 6 heteroatoms. The van der Waals surface area contributed by atoms with Gasteiger partial charge in [-0.2, -0.15) is 5.26 Å². The van der Waals surface area contributed by atoms with E-state index in [1.54, 1.807) is 18.0 Å². The Kier molecular flexibility index (Phi) is 3.16. The van der Waals surface area contributed by atoms with Crippen molar-refractivity contribution in [3.63, 3.8) is 0 Å². The van der Waals surface area contributed by atoms with Crippen molar-refractivity contribution in [2.75, 3.05) is 18.9 Å². The number of hydrogen-bond acceptors (Lipinski definition) is 4. The highest BCUT2D eigenvalue weighted by atomic mass is 35.5. The van der Waals surface area contributed by atoms with Gasteiger partial charge in [0, 0.05) is 13.6 Å². The van der Waals surface area contributed by atoms with E-state index in [0.29, 0.717) is 11.4 Å². The summed E-state index contributed by atoms with van der Waals surface area (Å²) in [4.78, 5) is 17.4. The lowest BCUT2D eigenvalue weighted by Crippen LogP contribution is -2.31. The molecule has 1 unspecified atom stereocenters. The standard InChI is InChI=1S/C11H11ClN4O/c1-16-3-2-8(11(16)17)14-10-5-7(6-13)4-9(12)15-10/h4-5,8H,2-3H2,1H3,(H,14,15). The Morgan fingerprint density at radius 3 is 3.00 bits per heavy atom. The van der Waals surface area contributed by atoms with Gasteiger partial charge in [-0.25, -0.2) is 4.98 Å². The van der Waals surface area contributed by atoms with E-state index in [4.69, 9.17) is 16.9 Å². The van der Waals surface area contributed by atoms with E-state index in [9.17, 15) is 4.79 Å². The third-order valence-electron chi connectivity index (χ3n) is 2.67. The fourth-order valence-corrected chi connectivity index (χ4v) is 1.98. The summed E-state index contributed by atoms with van der Waals surface area (Å²) in [5.74, 6) is 0.494. The van der Waals surface area contributed by atoms with Gasteiger partial charge in [-0.15, -0.1) is 0 Å². The van der Waals surface area contributed by atoms with Gasteiger partial charge < -0.3 is 10.2 Å². The van der Waals surface area contributed by atoms with Crippen molar-refractivity contribution in [1.29, 1.82) is 5.26 Å². The van der Waals surface area contributed by atoms with Crippen molar-refractivity contribution in [3.05, 3.63) is 22.8 Å². The highest BCUT2D eigenvalue weighted by Crippen LogP contribution is 2.18. The minimum Gasteiger partial charge on any atom is -0.358 e. The molecular formula is C11H11ClN4O. The summed E-state index contributed by atoms with van der Waals surface area (Å²) in [6.45, 7) is 0.724. The average Bonchev–Trinajstić information content (AvgIpc) is 2.60. The molecule has 0 aliphatic carbocycles. The molecule has 2 rings (SSSR count). The van der Waals surface area contributed by atoms with Gasteiger partial charge in [0.1, 0.15) is 17.0 Å². The zero-order chi connectivity index (χ0) is 12.4. The number of likely N-dealkylation sites (tertiary alicyclic amines) is 1. The van der Waals surface area contributed by atoms with E-state index in [-0.39, 0.29) is 17.1 Å². The van der Waals surface area contributed by atoms with Crippen LogP contribution in [-0.4, -0.2) is 35.4 Å². The number of halogens is 1. The molecule has 1 fully saturated rings. The monoisotopic (exact) mass is 250 g/mol. The molecule has 2 heterocycles. The molecule has 1 aliphatic heterocycles. The molecule has 88 valence electrons. The first-order chi connectivity index (χ1) is 8.10. The molecular weight excluding hydrogens is 240 g/mol. The Balaban J connectivity index is 2.17. The summed E-state index contributed by atoms with van der Waals surface area (Å²) in [6.07, 6.45) is 0.728. The van der Waals surface area contributed by atoms with Gasteiger partial charge in [-0.05, 0) is 18.6 Å². The number of pyridine rings is 1. The second kappa shape index (κ2) is 4.60. The summed E-state index contributed by atoms with van der Waals surface area (Å²) in [5, 5.41) is 12.0. The highest BCUT2D eigenvalue weighted by molar-refractivity contribution is 6.29. The maximum absolute atomic E-state index is 11.7. The number of carbonyl (C=O) groups is 1. The molecule has 5 nitrogen and oxygen atoms in total. The number of carbonyl (C=O) groups excluding carboxylic acids is 1. The maximum atomic E-state index is 11.7. The minimum atomic E-state index is -0.280. The molecule has 0 spiro atoms. The number of aromatic nitrogens is 1. The molecule has 1 amide bonds. The van der Waals surface area contributed by atoms with Crippen LogP contribution in [0.3, 0.4) is 0 Å². The van der Waals surface area contributed by atoms with E-state index in [2.05, 4.69) is 10.3 Å². The predicted octanol–water partition coefficient (Wildman–Crippen LogP) is 1.25. The second-order valence-corrected chi connectivity index (χ2v) is 4.31. The number of rotatable bonds is 2. The molecule has 0 aromatic carbocycles. The molecule has 0 radical (unpaired) electrons. The SMILES string of the molecule is CN1CCC(Nc2cc(C#N)cc(Cl)n2)C1=O. The van der Waals surface area contributed by atoms with Crippen LogP contribution in [0.2, 0.25) is 5.15 Å². The van der Waals surface area contributed by atoms with Crippen LogP contribution in [0.5, 0.6) is 0 Å². The zero-order valence-corrected chi connectivity index (χ0v) is 10.0. The van der Waals surface area contributed by atoms with Crippen molar-refractivity contribution in [2.24, 2.45) is 0 Å². The Bertz CT molecular complexity index is 497. The zero-order valence-electron chi connectivity index (χ0n) is 9.27. The van der Waals surface area contributed by atoms with Crippen LogP contribution in [-0.2, 0) is 4.79 Å². The molecule has 1 aromatic heterocycles. The van der Waals surface area contributed by atoms with Crippen LogP contribution in [0, 0.1) is 11.3 Å². The predicted molar refractivity (Wildman–Crippen MR) is 63.6 cm³/mol. The lowest BCUT2D eigenvalue weighted by atomic mass is 10.2. The maximum Gasteiger partial charge on any atom is 0.244 e. The van der Waals surface area contributed by atoms with Crippen LogP contribution >= 0.6 is 11.6 Å². The summed E-state index contributed by atoms with van der Waals surface area (Å²) in [6, 6.07) is 4.78. The number of likely N-dealkylation sites (N-methyl/N-ethyl adjacent to an activating group) is 1. The molecule has 1 aliphatic rings. The number of nitrogens with zero attached hydrogens (tertiary/aromatic N) is 3. The van der Waals surface area contributed by atoms with Crippen LogP contribution in [0.15, 0.2) is 12.1 Å². The number of anilines is 1. The molecule has 1 atom stereocenters. The highest BCUT2D eigenvalue weighted by Gasteiger charge is 2.29. The molecule has 1 saturated heterocycles. The quantitative estimate of drug-likeness (QED) is 0.802. The van der Waals surface area contributed by atoms with Crippen molar-refractivity contribution in [3.8, 4) is 6.07 Å². The van der Waals surface area contributed by atoms with Gasteiger partial charge >= 0.3 is 0 Å². The van der Waals surface area contributed by atoms with Crippen LogP contribution in [0.1, 0.15) is 12.0 Å². The molecule has 1 N–H and O–H groups in total. The van der Waals surface area contributed by atoms with Gasteiger partial charge in [-0.1, -0.05) is 11.6 Å². The van der Waals surface area contributed by atoms with Gasteiger partial charge in [0.25, 0.3) is 0 Å². The second-order valence-electron chi connectivity index (χ2n) is 3.92. The summed E-state index contributed by atoms with van der Waals surface area (Å²) < 4.78 is 0. The fourth-order valence-electron chi connectivity index (χ4n) is 1.77. The average molecular weight is 251 g/mol. The first kappa shape index (κ1) is 11.7. The largest absolute Gasteiger partial charge is 0.358 e. The molecule has 17 heavy (non-hydrogen) atoms. The molecule has 0 bridgehead atoms. The Morgan fingerprint density at radius 2 is 2.41 bits per heavy atom. The minimum absolute atomic E-state index is 0.0327. The first-order valence-electron chi connectivity index (χ1n) is 5.19. The van der Waals surface area contributed by atoms with E-state index < -0.39 is 0 Å². The van der Waals surface area contributed by atoms with Gasteiger partial charge in [0.05, 0.1) is 11.6 Å². The van der Waals surface area contributed by atoms with E-state index in [0.717, 1.165) is 13.0 Å². The fraction of sp³-hybridized carbons (Fsp3) is 0.364. The Labute approximate surface area is 104 Å². The summed E-state index contributed by atoms with van der Waals surface area (Å²) in [5.41, 5.74) is 0.423. The van der Waals surface area contributed by atoms with Crippen LogP contribution in [0.4, 0.5) is 5.82 Å². The summed E-state index contributed by atoms with van der Waals surface area (Å²) in [7, 11) is 1.76. The first-order valence-corrected chi connectivity index (χ1v) is 5.57. The van der Waals surface area contributed by atoms with Gasteiger partial charge in [-0.3, -0.25) is 4.79 Å². The van der Waals surface area contributed by atoms with Crippen LogP contribution in [0.25, 0.3) is 0 Å². The van der Waals surface area contributed by atoms with Crippen LogP contribution < -0.4 is 5.32 Å². The van der Waals surface area contributed by atoms with E-state index >= 15 is 0 Å². The smallest absolute Gasteiger partial charge is 0.244 e. The Morgan fingerprint density at radius 1 is 1.65 bits per heavy atom. The lowest BCUT2D eigenvalue weighted by Gasteiger charge is -2.12. The van der Waals surface area contributed by atoms with Crippen molar-refractivity contribution in [2.45, 2.75) is 12.5 Å². The molecule has 0 saturated carbocycles. The van der Waals surface area contributed by atoms with Crippen molar-refractivity contribution >= 4 is 23.3 Å². The number of nitriles is 1. The number of hydrogen-bond donors (Lipinski definition) is 1. The molecule has 1 aromatic rings.